The van der Waals surface area contributed by atoms with Crippen LogP contribution in [0.25, 0.3) is 21.5 Å². The third-order valence-electron chi connectivity index (χ3n) is 5.60. The van der Waals surface area contributed by atoms with Gasteiger partial charge in [0.15, 0.2) is 0 Å². The van der Waals surface area contributed by atoms with E-state index in [1.807, 2.05) is 60.7 Å². The van der Waals surface area contributed by atoms with E-state index in [9.17, 15) is 9.59 Å². The molecule has 2 amide bonds. The number of benzene rings is 4. The Balaban J connectivity index is 1.57. The molecule has 2 aliphatic heterocycles. The molecule has 2 N–H and O–H groups in total. The summed E-state index contributed by atoms with van der Waals surface area (Å²) in [4.78, 5) is 25.2. The summed E-state index contributed by atoms with van der Waals surface area (Å²) in [6, 6.07) is 19.9. The third-order valence-corrected chi connectivity index (χ3v) is 5.60. The van der Waals surface area contributed by atoms with Crippen molar-refractivity contribution >= 4 is 44.7 Å². The molecule has 27 heavy (non-hydrogen) atoms. The van der Waals surface area contributed by atoms with Crippen molar-refractivity contribution in [2.45, 2.75) is 6.42 Å². The molecule has 0 saturated heterocycles. The van der Waals surface area contributed by atoms with Gasteiger partial charge in [0, 0.05) is 22.1 Å². The molecule has 0 unspecified atom stereocenters. The van der Waals surface area contributed by atoms with Crippen molar-refractivity contribution in [2.24, 2.45) is 0 Å². The maximum Gasteiger partial charge on any atom is 0.256 e. The molecule has 4 nitrogen and oxygen atoms in total. The molecule has 0 bridgehead atoms. The van der Waals surface area contributed by atoms with Crippen molar-refractivity contribution in [2.75, 3.05) is 10.6 Å². The Morgan fingerprint density at radius 2 is 1.07 bits per heavy atom. The molecular weight excluding hydrogens is 336 g/mol. The maximum atomic E-state index is 12.6. The number of carbonyl (C=O) groups excluding carboxylic acids is 2. The van der Waals surface area contributed by atoms with Crippen LogP contribution in [0, 0.1) is 0 Å². The summed E-state index contributed by atoms with van der Waals surface area (Å²) in [6.45, 7) is 0. The molecule has 0 aliphatic carbocycles. The first-order chi connectivity index (χ1) is 13.2. The molecular formula is C23H14N2O2. The van der Waals surface area contributed by atoms with E-state index in [0.29, 0.717) is 6.42 Å². The first-order valence-corrected chi connectivity index (χ1v) is 8.92. The Kier molecular flexibility index (Phi) is 2.66. The average molecular weight is 350 g/mol. The zero-order valence-corrected chi connectivity index (χ0v) is 14.3. The van der Waals surface area contributed by atoms with Crippen LogP contribution in [-0.2, 0) is 6.42 Å². The minimum atomic E-state index is -0.0702. The van der Waals surface area contributed by atoms with Gasteiger partial charge >= 0.3 is 0 Å². The predicted molar refractivity (Wildman–Crippen MR) is 107 cm³/mol. The minimum Gasteiger partial charge on any atom is -0.321 e. The highest BCUT2D eigenvalue weighted by Crippen LogP contribution is 2.38. The molecule has 2 aliphatic rings. The quantitative estimate of drug-likeness (QED) is 0.550. The Morgan fingerprint density at radius 1 is 0.593 bits per heavy atom. The van der Waals surface area contributed by atoms with E-state index in [-0.39, 0.29) is 11.8 Å². The largest absolute Gasteiger partial charge is 0.321 e. The van der Waals surface area contributed by atoms with Crippen LogP contribution in [0.2, 0.25) is 0 Å². The molecule has 4 aromatic rings. The van der Waals surface area contributed by atoms with Gasteiger partial charge in [0.1, 0.15) is 0 Å². The zero-order chi connectivity index (χ0) is 18.1. The van der Waals surface area contributed by atoms with Gasteiger partial charge in [0.05, 0.1) is 11.1 Å². The molecule has 128 valence electrons. The molecule has 0 saturated carbocycles. The highest BCUT2D eigenvalue weighted by Gasteiger charge is 2.28. The molecule has 6 rings (SSSR count). The molecule has 0 aromatic heterocycles. The lowest BCUT2D eigenvalue weighted by Crippen LogP contribution is -2.10. The van der Waals surface area contributed by atoms with Gasteiger partial charge in [-0.15, -0.1) is 0 Å². The number of amides is 2. The van der Waals surface area contributed by atoms with Crippen molar-refractivity contribution in [1.82, 2.24) is 0 Å². The Morgan fingerprint density at radius 3 is 1.56 bits per heavy atom. The van der Waals surface area contributed by atoms with Gasteiger partial charge in [-0.2, -0.15) is 0 Å². The molecule has 0 fully saturated rings. The van der Waals surface area contributed by atoms with Crippen molar-refractivity contribution < 1.29 is 9.59 Å². The van der Waals surface area contributed by atoms with Crippen LogP contribution in [0.3, 0.4) is 0 Å². The molecule has 0 atom stereocenters. The summed E-state index contributed by atoms with van der Waals surface area (Å²) in [5.74, 6) is -0.140. The van der Waals surface area contributed by atoms with E-state index < -0.39 is 0 Å². The molecule has 2 heterocycles. The summed E-state index contributed by atoms with van der Waals surface area (Å²) in [5.41, 5.74) is 5.05. The standard InChI is InChI=1S/C23H14N2O2/c26-22-20-14(9-7-12-3-1-5-16(24-22)18(12)20)11-15-10-8-13-4-2-6-17-19(13)21(15)23(27)25-17/h1-10H,11H2,(H,24,26)(H,25,27). The smallest absolute Gasteiger partial charge is 0.256 e. The van der Waals surface area contributed by atoms with Crippen LogP contribution >= 0.6 is 0 Å². The van der Waals surface area contributed by atoms with Crippen LogP contribution in [0.1, 0.15) is 31.8 Å². The number of rotatable bonds is 2. The van der Waals surface area contributed by atoms with E-state index in [2.05, 4.69) is 10.6 Å². The van der Waals surface area contributed by atoms with E-state index >= 15 is 0 Å². The first-order valence-electron chi connectivity index (χ1n) is 8.92. The Hall–Kier alpha value is -3.66. The average Bonchev–Trinajstić information content (AvgIpc) is 3.19. The normalized spacial score (nSPS) is 14.1. The second-order valence-electron chi connectivity index (χ2n) is 7.09. The monoisotopic (exact) mass is 350 g/mol. The summed E-state index contributed by atoms with van der Waals surface area (Å²) in [7, 11) is 0. The summed E-state index contributed by atoms with van der Waals surface area (Å²) in [6.07, 6.45) is 0.542. The number of hydrogen-bond donors (Lipinski definition) is 2. The van der Waals surface area contributed by atoms with E-state index in [4.69, 9.17) is 0 Å². The highest BCUT2D eigenvalue weighted by molar-refractivity contribution is 6.26. The SMILES string of the molecule is O=C1Nc2cccc3ccc(Cc4ccc5cccc6c5c4C(=O)N6)c1c23. The van der Waals surface area contributed by atoms with Gasteiger partial charge in [-0.05, 0) is 40.5 Å². The Labute approximate surface area is 154 Å². The van der Waals surface area contributed by atoms with Gasteiger partial charge in [-0.3, -0.25) is 9.59 Å². The second-order valence-corrected chi connectivity index (χ2v) is 7.09. The van der Waals surface area contributed by atoms with Crippen molar-refractivity contribution in [3.05, 3.63) is 82.9 Å². The number of carbonyl (C=O) groups is 2. The molecule has 4 heteroatoms. The van der Waals surface area contributed by atoms with Crippen molar-refractivity contribution in [3.8, 4) is 0 Å². The maximum absolute atomic E-state index is 12.6. The van der Waals surface area contributed by atoms with Crippen molar-refractivity contribution in [1.29, 1.82) is 0 Å². The van der Waals surface area contributed by atoms with Crippen LogP contribution in [-0.4, -0.2) is 11.8 Å². The second kappa shape index (κ2) is 4.95. The van der Waals surface area contributed by atoms with Crippen LogP contribution < -0.4 is 10.6 Å². The molecule has 0 spiro atoms. The number of hydrogen-bond acceptors (Lipinski definition) is 2. The summed E-state index contributed by atoms with van der Waals surface area (Å²) in [5, 5.41) is 9.96. The topological polar surface area (TPSA) is 58.2 Å². The van der Waals surface area contributed by atoms with Crippen LogP contribution in [0.4, 0.5) is 11.4 Å². The Bertz CT molecular complexity index is 1230. The van der Waals surface area contributed by atoms with Crippen LogP contribution in [0.15, 0.2) is 60.7 Å². The zero-order valence-electron chi connectivity index (χ0n) is 14.3. The van der Waals surface area contributed by atoms with E-state index in [1.54, 1.807) is 0 Å². The fraction of sp³-hybridized carbons (Fsp3) is 0.0435. The third kappa shape index (κ3) is 1.87. The van der Waals surface area contributed by atoms with Gasteiger partial charge in [0.25, 0.3) is 11.8 Å². The van der Waals surface area contributed by atoms with Crippen LogP contribution in [0.5, 0.6) is 0 Å². The lowest BCUT2D eigenvalue weighted by atomic mass is 9.91. The van der Waals surface area contributed by atoms with Gasteiger partial charge in [0.2, 0.25) is 0 Å². The van der Waals surface area contributed by atoms with E-state index in [1.165, 1.54) is 0 Å². The molecule has 4 aromatic carbocycles. The number of nitrogens with one attached hydrogen (secondary N) is 2. The lowest BCUT2D eigenvalue weighted by Gasteiger charge is -2.10. The van der Waals surface area contributed by atoms with Gasteiger partial charge < -0.3 is 10.6 Å². The van der Waals surface area contributed by atoms with Crippen molar-refractivity contribution in [3.63, 3.8) is 0 Å². The summed E-state index contributed by atoms with van der Waals surface area (Å²) >= 11 is 0. The van der Waals surface area contributed by atoms with E-state index in [0.717, 1.165) is 55.2 Å². The highest BCUT2D eigenvalue weighted by atomic mass is 16.2. The predicted octanol–water partition coefficient (Wildman–Crippen LogP) is 4.72. The molecule has 0 radical (unpaired) electrons. The lowest BCUT2D eigenvalue weighted by molar-refractivity contribution is 0.102. The fourth-order valence-corrected chi connectivity index (χ4v) is 4.44. The first kappa shape index (κ1) is 14.5. The van der Waals surface area contributed by atoms with Gasteiger partial charge in [-0.1, -0.05) is 48.5 Å². The minimum absolute atomic E-state index is 0.0702. The number of anilines is 2. The summed E-state index contributed by atoms with van der Waals surface area (Å²) < 4.78 is 0. The van der Waals surface area contributed by atoms with Gasteiger partial charge in [-0.25, -0.2) is 0 Å². The fourth-order valence-electron chi connectivity index (χ4n) is 4.44.